The fraction of sp³-hybridized carbons (Fsp3) is 0.158. The Morgan fingerprint density at radius 2 is 1.89 bits per heavy atom. The van der Waals surface area contributed by atoms with Gasteiger partial charge in [-0.2, -0.15) is 0 Å². The van der Waals surface area contributed by atoms with Gasteiger partial charge in [-0.25, -0.2) is 4.68 Å². The molecule has 4 rings (SSSR count). The lowest BCUT2D eigenvalue weighted by Gasteiger charge is -2.12. The maximum Gasteiger partial charge on any atom is 0.191 e. The Morgan fingerprint density at radius 3 is 2.63 bits per heavy atom. The van der Waals surface area contributed by atoms with Crippen molar-refractivity contribution in [3.63, 3.8) is 0 Å². The summed E-state index contributed by atoms with van der Waals surface area (Å²) in [6.07, 6.45) is 3.63. The van der Waals surface area contributed by atoms with Crippen molar-refractivity contribution in [2.24, 2.45) is 7.05 Å². The van der Waals surface area contributed by atoms with E-state index in [4.69, 9.17) is 11.6 Å². The molecule has 0 radical (unpaired) electrons. The van der Waals surface area contributed by atoms with Gasteiger partial charge in [0.1, 0.15) is 12.0 Å². The first kappa shape index (κ1) is 17.8. The van der Waals surface area contributed by atoms with Crippen molar-refractivity contribution in [3.05, 3.63) is 71.6 Å². The Labute approximate surface area is 166 Å². The summed E-state index contributed by atoms with van der Waals surface area (Å²) in [6, 6.07) is 15.8. The van der Waals surface area contributed by atoms with E-state index in [0.717, 1.165) is 22.1 Å². The highest BCUT2D eigenvalue weighted by Gasteiger charge is 2.13. The van der Waals surface area contributed by atoms with Crippen molar-refractivity contribution in [1.82, 2.24) is 29.8 Å². The molecule has 0 bridgehead atoms. The number of nitrogens with zero attached hydrogens (tertiary/aromatic N) is 6. The zero-order valence-corrected chi connectivity index (χ0v) is 16.4. The molecule has 2 heterocycles. The zero-order chi connectivity index (χ0) is 18.8. The molecule has 0 spiro atoms. The highest BCUT2D eigenvalue weighted by atomic mass is 35.5. The Balaban J connectivity index is 1.57. The SMILES string of the molecule is C[C@H](Sc1nncn1C)c1cccc(-n2cc(-c3ccc(Cl)cc3)nn2)c1. The molecule has 2 aromatic carbocycles. The molecule has 0 N–H and O–H groups in total. The first-order chi connectivity index (χ1) is 13.1. The number of aromatic nitrogens is 6. The first-order valence-electron chi connectivity index (χ1n) is 8.39. The fourth-order valence-electron chi connectivity index (χ4n) is 2.67. The second-order valence-electron chi connectivity index (χ2n) is 6.13. The molecule has 8 heteroatoms. The Kier molecular flexibility index (Phi) is 4.96. The normalized spacial score (nSPS) is 12.3. The van der Waals surface area contributed by atoms with Crippen molar-refractivity contribution in [2.75, 3.05) is 0 Å². The third kappa shape index (κ3) is 3.89. The van der Waals surface area contributed by atoms with E-state index in [0.29, 0.717) is 5.02 Å². The highest BCUT2D eigenvalue weighted by Crippen LogP contribution is 2.34. The average molecular weight is 397 g/mol. The van der Waals surface area contributed by atoms with Gasteiger partial charge in [0.05, 0.1) is 11.9 Å². The van der Waals surface area contributed by atoms with E-state index < -0.39 is 0 Å². The average Bonchev–Trinajstić information content (AvgIpc) is 3.32. The minimum absolute atomic E-state index is 0.229. The van der Waals surface area contributed by atoms with E-state index in [1.807, 2.05) is 54.2 Å². The molecule has 0 unspecified atom stereocenters. The summed E-state index contributed by atoms with van der Waals surface area (Å²) in [5.41, 5.74) is 3.93. The molecule has 0 amide bonds. The first-order valence-corrected chi connectivity index (χ1v) is 9.65. The largest absolute Gasteiger partial charge is 0.312 e. The summed E-state index contributed by atoms with van der Waals surface area (Å²) in [5.74, 6) is 0. The van der Waals surface area contributed by atoms with E-state index in [9.17, 15) is 0 Å². The van der Waals surface area contributed by atoms with Gasteiger partial charge >= 0.3 is 0 Å². The Bertz CT molecular complexity index is 1060. The minimum Gasteiger partial charge on any atom is -0.312 e. The quantitative estimate of drug-likeness (QED) is 0.462. The molecule has 6 nitrogen and oxygen atoms in total. The van der Waals surface area contributed by atoms with E-state index >= 15 is 0 Å². The van der Waals surface area contributed by atoms with Gasteiger partial charge in [0.15, 0.2) is 5.16 Å². The highest BCUT2D eigenvalue weighted by molar-refractivity contribution is 7.99. The van der Waals surface area contributed by atoms with Crippen LogP contribution in [-0.2, 0) is 7.05 Å². The summed E-state index contributed by atoms with van der Waals surface area (Å²) in [5, 5.41) is 18.5. The van der Waals surface area contributed by atoms with Crippen molar-refractivity contribution in [2.45, 2.75) is 17.3 Å². The van der Waals surface area contributed by atoms with Gasteiger partial charge in [-0.05, 0) is 36.8 Å². The Hall–Kier alpha value is -2.64. The smallest absolute Gasteiger partial charge is 0.191 e. The Morgan fingerprint density at radius 1 is 1.07 bits per heavy atom. The molecule has 27 heavy (non-hydrogen) atoms. The van der Waals surface area contributed by atoms with Crippen LogP contribution in [0.15, 0.2) is 66.2 Å². The molecule has 0 aliphatic heterocycles. The molecule has 0 saturated carbocycles. The third-order valence-corrected chi connectivity index (χ3v) is 5.65. The lowest BCUT2D eigenvalue weighted by Crippen LogP contribution is -1.98. The van der Waals surface area contributed by atoms with E-state index in [1.54, 1.807) is 22.8 Å². The second kappa shape index (κ2) is 7.54. The number of rotatable bonds is 5. The van der Waals surface area contributed by atoms with Crippen LogP contribution in [0.2, 0.25) is 5.02 Å². The molecular weight excluding hydrogens is 380 g/mol. The number of halogens is 1. The van der Waals surface area contributed by atoms with E-state index in [-0.39, 0.29) is 5.25 Å². The number of thioether (sulfide) groups is 1. The standard InChI is InChI=1S/C19H17ClN6S/c1-13(27-19-23-21-12-25(19)2)15-4-3-5-17(10-15)26-11-18(22-24-26)14-6-8-16(20)9-7-14/h3-13H,1-2H3/t13-/m0/s1. The lowest BCUT2D eigenvalue weighted by molar-refractivity contribution is 0.784. The molecular formula is C19H17ClN6S. The maximum absolute atomic E-state index is 5.95. The number of hydrogen-bond donors (Lipinski definition) is 0. The van der Waals surface area contributed by atoms with Gasteiger partial charge in [0.25, 0.3) is 0 Å². The van der Waals surface area contributed by atoms with E-state index in [1.165, 1.54) is 5.56 Å². The van der Waals surface area contributed by atoms with Crippen LogP contribution in [0.3, 0.4) is 0 Å². The van der Waals surface area contributed by atoms with Gasteiger partial charge in [-0.1, -0.05) is 52.8 Å². The zero-order valence-electron chi connectivity index (χ0n) is 14.8. The van der Waals surface area contributed by atoms with Gasteiger partial charge in [0, 0.05) is 22.9 Å². The van der Waals surface area contributed by atoms with Crippen LogP contribution in [-0.4, -0.2) is 29.8 Å². The van der Waals surface area contributed by atoms with Crippen LogP contribution < -0.4 is 0 Å². The van der Waals surface area contributed by atoms with Gasteiger partial charge in [-0.3, -0.25) is 0 Å². The summed E-state index contributed by atoms with van der Waals surface area (Å²) >= 11 is 7.62. The second-order valence-corrected chi connectivity index (χ2v) is 7.88. The van der Waals surface area contributed by atoms with Crippen LogP contribution in [0.25, 0.3) is 16.9 Å². The van der Waals surface area contributed by atoms with Crippen LogP contribution in [0.4, 0.5) is 0 Å². The number of aryl methyl sites for hydroxylation is 1. The molecule has 0 aliphatic carbocycles. The van der Waals surface area contributed by atoms with Crippen LogP contribution in [0.1, 0.15) is 17.7 Å². The summed E-state index contributed by atoms with van der Waals surface area (Å²) in [6.45, 7) is 2.15. The van der Waals surface area contributed by atoms with Gasteiger partial charge in [0.2, 0.25) is 0 Å². The molecule has 4 aromatic rings. The van der Waals surface area contributed by atoms with Gasteiger partial charge in [-0.15, -0.1) is 15.3 Å². The third-order valence-electron chi connectivity index (χ3n) is 4.19. The lowest BCUT2D eigenvalue weighted by atomic mass is 10.1. The molecule has 1 atom stereocenters. The van der Waals surface area contributed by atoms with Crippen molar-refractivity contribution in [1.29, 1.82) is 0 Å². The summed E-state index contributed by atoms with van der Waals surface area (Å²) in [7, 11) is 1.94. The summed E-state index contributed by atoms with van der Waals surface area (Å²) < 4.78 is 3.70. The molecule has 0 fully saturated rings. The van der Waals surface area contributed by atoms with Crippen LogP contribution in [0, 0.1) is 0 Å². The van der Waals surface area contributed by atoms with Crippen molar-refractivity contribution >= 4 is 23.4 Å². The van der Waals surface area contributed by atoms with Gasteiger partial charge < -0.3 is 4.57 Å². The molecule has 0 saturated heterocycles. The number of hydrogen-bond acceptors (Lipinski definition) is 5. The fourth-order valence-corrected chi connectivity index (χ4v) is 3.70. The molecule has 0 aliphatic rings. The minimum atomic E-state index is 0.229. The van der Waals surface area contributed by atoms with E-state index in [2.05, 4.69) is 39.6 Å². The molecule has 136 valence electrons. The summed E-state index contributed by atoms with van der Waals surface area (Å²) in [4.78, 5) is 0. The van der Waals surface area contributed by atoms with Crippen LogP contribution >= 0.6 is 23.4 Å². The molecule has 2 aromatic heterocycles. The predicted octanol–water partition coefficient (Wildman–Crippen LogP) is 4.57. The van der Waals surface area contributed by atoms with Crippen molar-refractivity contribution in [3.8, 4) is 16.9 Å². The topological polar surface area (TPSA) is 61.4 Å². The monoisotopic (exact) mass is 396 g/mol. The number of benzene rings is 2. The van der Waals surface area contributed by atoms with Crippen LogP contribution in [0.5, 0.6) is 0 Å². The van der Waals surface area contributed by atoms with Crippen molar-refractivity contribution < 1.29 is 0 Å². The predicted molar refractivity (Wildman–Crippen MR) is 107 cm³/mol. The maximum atomic E-state index is 5.95.